The van der Waals surface area contributed by atoms with E-state index in [4.69, 9.17) is 0 Å². The second-order valence-electron chi connectivity index (χ2n) is 22.4. The molecule has 0 amide bonds. The van der Waals surface area contributed by atoms with E-state index in [0.29, 0.717) is 5.92 Å². The Morgan fingerprint density at radius 3 is 0.893 bits per heavy atom. The van der Waals surface area contributed by atoms with Crippen molar-refractivity contribution in [2.75, 3.05) is 0 Å². The van der Waals surface area contributed by atoms with E-state index in [9.17, 15) is 0 Å². The Morgan fingerprint density at radius 1 is 0.464 bits per heavy atom. The summed E-state index contributed by atoms with van der Waals surface area (Å²) in [4.78, 5) is 0. The van der Waals surface area contributed by atoms with Crippen molar-refractivity contribution in [2.24, 2.45) is 5.92 Å². The molecule has 3 aromatic carbocycles. The van der Waals surface area contributed by atoms with E-state index < -0.39 is 8.07 Å². The van der Waals surface area contributed by atoms with Gasteiger partial charge in [0.15, 0.2) is 0 Å². The predicted octanol–water partition coefficient (Wildman–Crippen LogP) is 3.60. The van der Waals surface area contributed by atoms with Crippen molar-refractivity contribution in [3.05, 3.63) is 111 Å². The monoisotopic (exact) mass is 868 g/mol. The van der Waals surface area contributed by atoms with Gasteiger partial charge in [-0.2, -0.15) is 6.08 Å². The second kappa shape index (κ2) is 18.7. The van der Waals surface area contributed by atoms with E-state index in [2.05, 4.69) is 205 Å². The fraction of sp³-hybridized carbons (Fsp3) is 0.569. The smallest absolute Gasteiger partial charge is 1.00 e. The summed E-state index contributed by atoms with van der Waals surface area (Å²) in [5, 5.41) is 6.20. The first-order valence-electron chi connectivity index (χ1n) is 20.2. The maximum Gasteiger partial charge on any atom is 4.00 e. The molecule has 0 N–H and O–H groups in total. The fourth-order valence-corrected chi connectivity index (χ4v) is 13.0. The van der Waals surface area contributed by atoms with Gasteiger partial charge in [-0.05, 0) is 65.9 Å². The van der Waals surface area contributed by atoms with Crippen molar-refractivity contribution < 1.29 is 58.9 Å². The Hall–Kier alpha value is -1.06. The number of benzene rings is 3. The van der Waals surface area contributed by atoms with Gasteiger partial charge in [0.2, 0.25) is 0 Å². The Kier molecular flexibility index (Phi) is 18.3. The van der Waals surface area contributed by atoms with Gasteiger partial charge in [-0.3, -0.25) is 6.08 Å². The number of rotatable bonds is 6. The minimum Gasteiger partial charge on any atom is -1.00 e. The zero-order chi connectivity index (χ0) is 39.6. The maximum atomic E-state index is 3.93. The summed E-state index contributed by atoms with van der Waals surface area (Å²) in [5.41, 5.74) is 10.0. The number of hydrogen-bond acceptors (Lipinski definition) is 0. The van der Waals surface area contributed by atoms with Gasteiger partial charge in [-0.25, -0.2) is 10.8 Å². The summed E-state index contributed by atoms with van der Waals surface area (Å²) in [6.45, 7) is 47.9. The van der Waals surface area contributed by atoms with Gasteiger partial charge in [0.1, 0.15) is 0 Å². The van der Waals surface area contributed by atoms with Crippen LogP contribution in [-0.2, 0) is 54.2 Å². The van der Waals surface area contributed by atoms with Gasteiger partial charge in [-0.15, -0.1) is 0 Å². The molecule has 0 aliphatic heterocycles. The molecule has 1 aliphatic carbocycles. The van der Waals surface area contributed by atoms with Gasteiger partial charge in [0, 0.05) is 0 Å². The van der Waals surface area contributed by atoms with Gasteiger partial charge < -0.3 is 37.2 Å². The molecule has 308 valence electrons. The molecule has 0 radical (unpaired) electrons. The van der Waals surface area contributed by atoms with E-state index in [1.807, 2.05) is 0 Å². The van der Waals surface area contributed by atoms with Crippen molar-refractivity contribution in [1.29, 1.82) is 0 Å². The van der Waals surface area contributed by atoms with Crippen LogP contribution in [0.5, 0.6) is 0 Å². The molecule has 5 heteroatoms. The molecule has 0 aromatic heterocycles. The second-order valence-corrected chi connectivity index (χ2v) is 26.2. The topological polar surface area (TPSA) is 0 Å². The first kappa shape index (κ1) is 54.9. The Morgan fingerprint density at radius 2 is 0.696 bits per heavy atom. The molecule has 1 atom stereocenters. The van der Waals surface area contributed by atoms with Crippen LogP contribution in [0, 0.1) is 12.0 Å². The molecule has 4 rings (SSSR count). The predicted molar refractivity (Wildman–Crippen MR) is 235 cm³/mol. The SMILES string of the molecule is CCC(C)C1=C([Si](c2cc(C(C)(C)C)cc(C(C)(C)C)c2)(c2cc(C(C)(C)C)cc(C(C)(C)C)c2)c2cc(C(C)(C)C)cc(C(C)(C)C)c2)CC=[C-]1.[Cl-].[Cl-].[Cl-].[Ti+4]. The summed E-state index contributed by atoms with van der Waals surface area (Å²) < 4.78 is 0. The van der Waals surface area contributed by atoms with E-state index >= 15 is 0 Å². The molecule has 1 unspecified atom stereocenters. The molecule has 1 aliphatic rings. The normalized spacial score (nSPS) is 14.7. The van der Waals surface area contributed by atoms with Crippen LogP contribution in [0.3, 0.4) is 0 Å². The average molecular weight is 870 g/mol. The molecule has 56 heavy (non-hydrogen) atoms. The van der Waals surface area contributed by atoms with Crippen LogP contribution in [0.4, 0.5) is 0 Å². The molecule has 3 aromatic rings. The summed E-state index contributed by atoms with van der Waals surface area (Å²) in [5.74, 6) is 0.425. The van der Waals surface area contributed by atoms with Gasteiger partial charge in [-0.1, -0.05) is 227 Å². The van der Waals surface area contributed by atoms with Crippen LogP contribution in [0.2, 0.25) is 0 Å². The number of allylic oxidation sites excluding steroid dienone is 4. The minimum atomic E-state index is -3.01. The van der Waals surface area contributed by atoms with Crippen molar-refractivity contribution in [2.45, 2.75) is 184 Å². The van der Waals surface area contributed by atoms with Crippen molar-refractivity contribution in [1.82, 2.24) is 0 Å². The van der Waals surface area contributed by atoms with E-state index in [-0.39, 0.29) is 91.4 Å². The largest absolute Gasteiger partial charge is 4.00 e. The Bertz CT molecular complexity index is 1580. The maximum absolute atomic E-state index is 3.93. The molecule has 0 spiro atoms. The van der Waals surface area contributed by atoms with Crippen molar-refractivity contribution in [3.63, 3.8) is 0 Å². The van der Waals surface area contributed by atoms with Crippen LogP contribution >= 0.6 is 0 Å². The van der Waals surface area contributed by atoms with E-state index in [1.165, 1.54) is 54.5 Å². The van der Waals surface area contributed by atoms with Crippen LogP contribution < -0.4 is 52.8 Å². The van der Waals surface area contributed by atoms with Crippen LogP contribution in [0.1, 0.15) is 185 Å². The number of halogens is 3. The standard InChI is InChI=1S/C51H75Si.3ClH.Ti/c1-21-34(2)44-23-22-24-45(44)52(41-28-35(46(3,4)5)25-36(29-41)47(6,7)8,42-30-37(48(9,10)11)26-38(31-42)49(12,13)14)43-32-39(50(15,16)17)27-40(33-43)51(18,19)20;;;;/h22,25-34H,21,24H2,1-20H3;3*1H;/q-1;;;;+4/p-3. The molecule has 0 nitrogen and oxygen atoms in total. The zero-order valence-electron chi connectivity index (χ0n) is 38.9. The summed E-state index contributed by atoms with van der Waals surface area (Å²) >= 11 is 0. The van der Waals surface area contributed by atoms with Crippen molar-refractivity contribution in [3.8, 4) is 0 Å². The van der Waals surface area contributed by atoms with Crippen LogP contribution in [0.15, 0.2) is 71.4 Å². The summed E-state index contributed by atoms with van der Waals surface area (Å²) in [7, 11) is -3.01. The molecule has 0 heterocycles. The molecular formula is C51H75Cl3SiTi. The summed E-state index contributed by atoms with van der Waals surface area (Å²) in [6, 6.07) is 23.5. The third kappa shape index (κ3) is 11.6. The summed E-state index contributed by atoms with van der Waals surface area (Å²) in [6.07, 6.45) is 8.35. The third-order valence-electron chi connectivity index (χ3n) is 11.7. The van der Waals surface area contributed by atoms with Gasteiger partial charge in [0.25, 0.3) is 0 Å². The van der Waals surface area contributed by atoms with Crippen LogP contribution in [-0.4, -0.2) is 8.07 Å². The first-order valence-corrected chi connectivity index (χ1v) is 22.2. The number of hydrogen-bond donors (Lipinski definition) is 0. The quantitative estimate of drug-likeness (QED) is 0.202. The van der Waals surface area contributed by atoms with Crippen LogP contribution in [0.25, 0.3) is 0 Å². The third-order valence-corrected chi connectivity index (χ3v) is 16.6. The molecule has 0 bridgehead atoms. The fourth-order valence-electron chi connectivity index (χ4n) is 7.61. The van der Waals surface area contributed by atoms with Gasteiger partial charge >= 0.3 is 21.7 Å². The molecule has 0 saturated heterocycles. The average Bonchev–Trinajstić information content (AvgIpc) is 3.48. The molecule has 0 fully saturated rings. The molecule has 0 saturated carbocycles. The van der Waals surface area contributed by atoms with E-state index in [0.717, 1.165) is 12.8 Å². The van der Waals surface area contributed by atoms with E-state index in [1.54, 1.807) is 5.20 Å². The first-order chi connectivity index (χ1) is 23.4. The Labute approximate surface area is 380 Å². The zero-order valence-corrected chi connectivity index (χ0v) is 43.7. The van der Waals surface area contributed by atoms with Crippen molar-refractivity contribution >= 4 is 23.6 Å². The van der Waals surface area contributed by atoms with Gasteiger partial charge in [0.05, 0.1) is 8.07 Å². The Balaban J connectivity index is 0.00000756. The minimum absolute atomic E-state index is 0. The molecular weight excluding hydrogens is 795 g/mol.